The first-order valence-corrected chi connectivity index (χ1v) is 7.70. The largest absolute Gasteiger partial charge is 0.304 e. The Morgan fingerprint density at radius 3 is 2.30 bits per heavy atom. The number of carbonyl (C=O) groups excluding carboxylic acids is 1. The number of hydrogen-bond acceptors (Lipinski definition) is 3. The van der Waals surface area contributed by atoms with Crippen molar-refractivity contribution in [2.24, 2.45) is 0 Å². The zero-order valence-electron chi connectivity index (χ0n) is 12.6. The number of carbonyl (C=O) groups is 1. The van der Waals surface area contributed by atoms with Crippen LogP contribution in [0, 0.1) is 20.8 Å². The lowest BCUT2D eigenvalue weighted by molar-refractivity contribution is 0.0662. The maximum atomic E-state index is 12.4. The lowest BCUT2D eigenvalue weighted by Gasteiger charge is -2.32. The molecule has 1 fully saturated rings. The molecule has 1 saturated heterocycles. The second-order valence-electron chi connectivity index (χ2n) is 5.51. The quantitative estimate of drug-likeness (QED) is 0.897. The molecule has 1 N–H and O–H groups in total. The fourth-order valence-corrected chi connectivity index (χ4v) is 2.89. The van der Waals surface area contributed by atoms with Crippen molar-refractivity contribution in [1.82, 2.24) is 15.3 Å². The maximum absolute atomic E-state index is 12.4. The van der Waals surface area contributed by atoms with E-state index in [2.05, 4.69) is 47.2 Å². The van der Waals surface area contributed by atoms with Crippen LogP contribution in [0.25, 0.3) is 0 Å². The number of nitrogens with one attached hydrogen (secondary N) is 1. The molecule has 4 nitrogen and oxygen atoms in total. The van der Waals surface area contributed by atoms with Crippen molar-refractivity contribution in [3.63, 3.8) is 0 Å². The lowest BCUT2D eigenvalue weighted by Crippen LogP contribution is -2.52. The van der Waals surface area contributed by atoms with Gasteiger partial charge in [0, 0.05) is 36.2 Å². The van der Waals surface area contributed by atoms with E-state index >= 15 is 0 Å². The Hall–Kier alpha value is -0.910. The molecule has 20 heavy (non-hydrogen) atoms. The highest BCUT2D eigenvalue weighted by Crippen LogP contribution is 2.25. The molecule has 1 aromatic rings. The molecule has 1 heterocycles. The smallest absolute Gasteiger partial charge is 0.265 e. The van der Waals surface area contributed by atoms with Crippen molar-refractivity contribution < 1.29 is 4.79 Å². The van der Waals surface area contributed by atoms with E-state index in [9.17, 15) is 4.79 Å². The van der Waals surface area contributed by atoms with Gasteiger partial charge in [0.25, 0.3) is 5.91 Å². The molecule has 0 radical (unpaired) electrons. The molecule has 110 valence electrons. The van der Waals surface area contributed by atoms with Crippen molar-refractivity contribution >= 4 is 21.8 Å². The molecule has 1 amide bonds. The number of hydrazine groups is 1. The Morgan fingerprint density at radius 1 is 1.10 bits per heavy atom. The molecule has 0 bridgehead atoms. The normalized spacial score (nSPS) is 17.2. The number of hydrogen-bond donors (Lipinski definition) is 1. The zero-order valence-corrected chi connectivity index (χ0v) is 14.2. The Morgan fingerprint density at radius 2 is 1.70 bits per heavy atom. The number of likely N-dealkylation sites (N-methyl/N-ethyl adjacent to an activating group) is 1. The predicted molar refractivity (Wildman–Crippen MR) is 84.9 cm³/mol. The third-order valence-electron chi connectivity index (χ3n) is 4.17. The van der Waals surface area contributed by atoms with Crippen LogP contribution in [0.15, 0.2) is 10.5 Å². The molecule has 2 rings (SSSR count). The summed E-state index contributed by atoms with van der Waals surface area (Å²) >= 11 is 3.53. The van der Waals surface area contributed by atoms with Crippen LogP contribution in [0.5, 0.6) is 0 Å². The van der Waals surface area contributed by atoms with Gasteiger partial charge in [0.1, 0.15) is 0 Å². The van der Waals surface area contributed by atoms with Crippen molar-refractivity contribution in [2.75, 3.05) is 33.2 Å². The Kier molecular flexibility index (Phi) is 4.83. The summed E-state index contributed by atoms with van der Waals surface area (Å²) in [5.74, 6) is -0.0177. The van der Waals surface area contributed by atoms with Crippen molar-refractivity contribution in [2.45, 2.75) is 20.8 Å². The van der Waals surface area contributed by atoms with E-state index in [1.807, 2.05) is 18.0 Å². The van der Waals surface area contributed by atoms with Gasteiger partial charge in [0.15, 0.2) is 0 Å². The monoisotopic (exact) mass is 339 g/mol. The van der Waals surface area contributed by atoms with Gasteiger partial charge in [0.2, 0.25) is 0 Å². The van der Waals surface area contributed by atoms with Crippen LogP contribution >= 0.6 is 15.9 Å². The number of nitrogens with zero attached hydrogens (tertiary/aromatic N) is 2. The van der Waals surface area contributed by atoms with Crippen molar-refractivity contribution in [3.05, 3.63) is 32.8 Å². The summed E-state index contributed by atoms with van der Waals surface area (Å²) < 4.78 is 0.990. The molecule has 0 atom stereocenters. The van der Waals surface area contributed by atoms with Crippen molar-refractivity contribution in [3.8, 4) is 0 Å². The first-order chi connectivity index (χ1) is 9.40. The van der Waals surface area contributed by atoms with Gasteiger partial charge < -0.3 is 4.90 Å². The standard InChI is InChI=1S/C15H22BrN3O/c1-10-11(2)13(9-14(16)12(10)3)15(20)17-19-7-5-18(4)6-8-19/h9H,5-8H2,1-4H3,(H,17,20). The summed E-state index contributed by atoms with van der Waals surface area (Å²) in [6, 6.07) is 1.92. The highest BCUT2D eigenvalue weighted by Gasteiger charge is 2.19. The Labute approximate surface area is 129 Å². The highest BCUT2D eigenvalue weighted by atomic mass is 79.9. The fourth-order valence-electron chi connectivity index (χ4n) is 2.36. The zero-order chi connectivity index (χ0) is 14.9. The third kappa shape index (κ3) is 3.22. The third-order valence-corrected chi connectivity index (χ3v) is 4.99. The minimum atomic E-state index is -0.0177. The SMILES string of the molecule is Cc1c(Br)cc(C(=O)NN2CCN(C)CC2)c(C)c1C. The van der Waals surface area contributed by atoms with E-state index in [4.69, 9.17) is 0 Å². The average molecular weight is 340 g/mol. The molecular weight excluding hydrogens is 318 g/mol. The van der Waals surface area contributed by atoms with Gasteiger partial charge in [-0.25, -0.2) is 5.01 Å². The summed E-state index contributed by atoms with van der Waals surface area (Å²) in [4.78, 5) is 14.7. The molecule has 1 aliphatic rings. The molecule has 0 saturated carbocycles. The van der Waals surface area contributed by atoms with Crippen LogP contribution in [-0.4, -0.2) is 49.0 Å². The van der Waals surface area contributed by atoms with Crippen LogP contribution in [0.3, 0.4) is 0 Å². The summed E-state index contributed by atoms with van der Waals surface area (Å²) in [5, 5.41) is 2.00. The van der Waals surface area contributed by atoms with Gasteiger partial charge in [-0.1, -0.05) is 15.9 Å². The molecule has 0 unspecified atom stereocenters. The van der Waals surface area contributed by atoms with E-state index in [0.29, 0.717) is 0 Å². The molecule has 0 aliphatic carbocycles. The Balaban J connectivity index is 2.14. The first-order valence-electron chi connectivity index (χ1n) is 6.91. The van der Waals surface area contributed by atoms with E-state index in [-0.39, 0.29) is 5.91 Å². The topological polar surface area (TPSA) is 35.6 Å². The van der Waals surface area contributed by atoms with E-state index in [1.165, 1.54) is 11.1 Å². The van der Waals surface area contributed by atoms with E-state index in [0.717, 1.165) is 41.8 Å². The van der Waals surface area contributed by atoms with E-state index in [1.54, 1.807) is 0 Å². The molecule has 1 aromatic carbocycles. The van der Waals surface area contributed by atoms with Crippen molar-refractivity contribution in [1.29, 1.82) is 0 Å². The van der Waals surface area contributed by atoms with Gasteiger partial charge >= 0.3 is 0 Å². The molecule has 0 aromatic heterocycles. The van der Waals surface area contributed by atoms with Gasteiger partial charge in [0.05, 0.1) is 0 Å². The second-order valence-corrected chi connectivity index (χ2v) is 6.37. The van der Waals surface area contributed by atoms with Crippen LogP contribution in [0.1, 0.15) is 27.0 Å². The molecular formula is C15H22BrN3O. The molecule has 5 heteroatoms. The maximum Gasteiger partial charge on any atom is 0.265 e. The van der Waals surface area contributed by atoms with Gasteiger partial charge in [-0.05, 0) is 50.6 Å². The number of rotatable bonds is 2. The Bertz CT molecular complexity index is 522. The number of amides is 1. The summed E-state index contributed by atoms with van der Waals surface area (Å²) in [6.07, 6.45) is 0. The molecule has 0 spiro atoms. The summed E-state index contributed by atoms with van der Waals surface area (Å²) in [6.45, 7) is 9.83. The fraction of sp³-hybridized carbons (Fsp3) is 0.533. The summed E-state index contributed by atoms with van der Waals surface area (Å²) in [5.41, 5.74) is 7.18. The van der Waals surface area contributed by atoms with Gasteiger partial charge in [-0.2, -0.15) is 0 Å². The average Bonchev–Trinajstić information content (AvgIpc) is 2.43. The van der Waals surface area contributed by atoms with Crippen LogP contribution < -0.4 is 5.43 Å². The number of benzene rings is 1. The highest BCUT2D eigenvalue weighted by molar-refractivity contribution is 9.10. The van der Waals surface area contributed by atoms with Crippen LogP contribution in [-0.2, 0) is 0 Å². The van der Waals surface area contributed by atoms with Crippen LogP contribution in [0.4, 0.5) is 0 Å². The molecule has 1 aliphatic heterocycles. The summed E-state index contributed by atoms with van der Waals surface area (Å²) in [7, 11) is 2.10. The lowest BCUT2D eigenvalue weighted by atomic mass is 9.98. The van der Waals surface area contributed by atoms with Gasteiger partial charge in [-0.3, -0.25) is 10.2 Å². The van der Waals surface area contributed by atoms with Crippen LogP contribution in [0.2, 0.25) is 0 Å². The number of piperazine rings is 1. The second kappa shape index (κ2) is 6.24. The minimum Gasteiger partial charge on any atom is -0.304 e. The van der Waals surface area contributed by atoms with Gasteiger partial charge in [-0.15, -0.1) is 0 Å². The predicted octanol–water partition coefficient (Wildman–Crippen LogP) is 2.27. The number of halogens is 1. The first kappa shape index (κ1) is 15.5. The van der Waals surface area contributed by atoms with E-state index < -0.39 is 0 Å². The minimum absolute atomic E-state index is 0.0177.